The number of rotatable bonds is 5. The van der Waals surface area contributed by atoms with Crippen molar-refractivity contribution < 1.29 is 0 Å². The van der Waals surface area contributed by atoms with Crippen molar-refractivity contribution in [3.63, 3.8) is 0 Å². The van der Waals surface area contributed by atoms with E-state index in [1.165, 1.54) is 24.5 Å². The largest absolute Gasteiger partial charge is 0.118 e. The van der Waals surface area contributed by atoms with Crippen LogP contribution in [0.5, 0.6) is 0 Å². The van der Waals surface area contributed by atoms with Crippen molar-refractivity contribution >= 4 is 16.3 Å². The number of hydrogen-bond donors (Lipinski definition) is 0. The molecular formula is C9H19Al. The summed E-state index contributed by atoms with van der Waals surface area (Å²) in [6.07, 6.45) is 4.15. The molecule has 0 aromatic rings. The molecule has 0 heterocycles. The van der Waals surface area contributed by atoms with Gasteiger partial charge in [0.05, 0.1) is 0 Å². The molecule has 58 valence electrons. The zero-order chi connectivity index (χ0) is 7.98. The van der Waals surface area contributed by atoms with Crippen LogP contribution in [0.3, 0.4) is 0 Å². The highest BCUT2D eigenvalue weighted by Crippen LogP contribution is 2.19. The maximum Gasteiger partial charge on any atom is 0.118 e. The van der Waals surface area contributed by atoms with E-state index in [0.717, 1.165) is 11.8 Å². The highest BCUT2D eigenvalue weighted by molar-refractivity contribution is 6.08. The molecule has 0 N–H and O–H groups in total. The molecule has 1 heteroatoms. The SMILES string of the molecule is CCCCC(C)[C@H](C)[CH2][Al]. The van der Waals surface area contributed by atoms with Crippen LogP contribution in [-0.4, -0.2) is 16.3 Å². The Bertz CT molecular complexity index is 71.1. The van der Waals surface area contributed by atoms with Gasteiger partial charge in [0.1, 0.15) is 16.3 Å². The lowest BCUT2D eigenvalue weighted by Crippen LogP contribution is -2.06. The topological polar surface area (TPSA) is 0 Å². The molecule has 0 aliphatic heterocycles. The fraction of sp³-hybridized carbons (Fsp3) is 1.00. The van der Waals surface area contributed by atoms with E-state index in [2.05, 4.69) is 37.1 Å². The molecular weight excluding hydrogens is 135 g/mol. The van der Waals surface area contributed by atoms with Crippen molar-refractivity contribution in [2.45, 2.75) is 45.3 Å². The summed E-state index contributed by atoms with van der Waals surface area (Å²) >= 11 is 2.83. The Hall–Kier alpha value is 0.532. The Morgan fingerprint density at radius 1 is 1.20 bits per heavy atom. The van der Waals surface area contributed by atoms with Gasteiger partial charge in [-0.2, -0.15) is 0 Å². The Morgan fingerprint density at radius 3 is 2.20 bits per heavy atom. The minimum atomic E-state index is 0.886. The van der Waals surface area contributed by atoms with E-state index >= 15 is 0 Å². The van der Waals surface area contributed by atoms with Gasteiger partial charge in [-0.05, 0) is 5.92 Å². The summed E-state index contributed by atoms with van der Waals surface area (Å²) in [5, 5.41) is 1.25. The van der Waals surface area contributed by atoms with E-state index in [1.54, 1.807) is 0 Å². The first-order valence-corrected chi connectivity index (χ1v) is 5.24. The summed E-state index contributed by atoms with van der Waals surface area (Å²) in [7, 11) is 0. The van der Waals surface area contributed by atoms with Gasteiger partial charge in [0.25, 0.3) is 0 Å². The molecule has 2 radical (unpaired) electrons. The average Bonchev–Trinajstić information content (AvgIpc) is 1.98. The summed E-state index contributed by atoms with van der Waals surface area (Å²) in [6.45, 7) is 6.97. The molecule has 0 saturated carbocycles. The van der Waals surface area contributed by atoms with Crippen molar-refractivity contribution in [1.29, 1.82) is 0 Å². The van der Waals surface area contributed by atoms with E-state index < -0.39 is 0 Å². The summed E-state index contributed by atoms with van der Waals surface area (Å²) in [4.78, 5) is 0. The normalized spacial score (nSPS) is 16.7. The zero-order valence-corrected chi connectivity index (χ0v) is 8.72. The highest BCUT2D eigenvalue weighted by atomic mass is 27.0. The smallest absolute Gasteiger partial charge is 0.115 e. The van der Waals surface area contributed by atoms with E-state index in [1.807, 2.05) is 0 Å². The van der Waals surface area contributed by atoms with Gasteiger partial charge < -0.3 is 0 Å². The van der Waals surface area contributed by atoms with Crippen molar-refractivity contribution in [2.75, 3.05) is 0 Å². The van der Waals surface area contributed by atoms with Crippen molar-refractivity contribution in [1.82, 2.24) is 0 Å². The van der Waals surface area contributed by atoms with Crippen LogP contribution >= 0.6 is 0 Å². The number of unbranched alkanes of at least 4 members (excludes halogenated alkanes) is 1. The molecule has 0 aromatic heterocycles. The van der Waals surface area contributed by atoms with Gasteiger partial charge in [-0.15, -0.1) is 5.28 Å². The summed E-state index contributed by atoms with van der Waals surface area (Å²) in [6, 6.07) is 0. The van der Waals surface area contributed by atoms with Crippen LogP contribution < -0.4 is 0 Å². The third kappa shape index (κ3) is 4.36. The highest BCUT2D eigenvalue weighted by Gasteiger charge is 2.07. The lowest BCUT2D eigenvalue weighted by atomic mass is 9.92. The third-order valence-corrected chi connectivity index (χ3v) is 3.10. The van der Waals surface area contributed by atoms with Crippen molar-refractivity contribution in [3.05, 3.63) is 0 Å². The van der Waals surface area contributed by atoms with Crippen LogP contribution in [0.25, 0.3) is 0 Å². The second-order valence-corrected chi connectivity index (χ2v) is 3.80. The fourth-order valence-electron chi connectivity index (χ4n) is 1.04. The molecule has 0 spiro atoms. The third-order valence-electron chi connectivity index (χ3n) is 2.36. The van der Waals surface area contributed by atoms with Crippen LogP contribution in [0.2, 0.25) is 5.28 Å². The van der Waals surface area contributed by atoms with Crippen LogP contribution in [0, 0.1) is 11.8 Å². The Kier molecular flexibility index (Phi) is 6.59. The van der Waals surface area contributed by atoms with Crippen molar-refractivity contribution in [2.24, 2.45) is 11.8 Å². The second-order valence-electron chi connectivity index (χ2n) is 3.33. The predicted molar refractivity (Wildman–Crippen MR) is 48.4 cm³/mol. The first-order valence-electron chi connectivity index (χ1n) is 4.42. The first-order chi connectivity index (χ1) is 4.72. The molecule has 2 atom stereocenters. The molecule has 10 heavy (non-hydrogen) atoms. The van der Waals surface area contributed by atoms with Gasteiger partial charge in [-0.1, -0.05) is 46.0 Å². The van der Waals surface area contributed by atoms with Crippen LogP contribution in [0.15, 0.2) is 0 Å². The van der Waals surface area contributed by atoms with Gasteiger partial charge in [0.15, 0.2) is 0 Å². The maximum absolute atomic E-state index is 2.83. The molecule has 0 saturated heterocycles. The van der Waals surface area contributed by atoms with E-state index in [4.69, 9.17) is 0 Å². The van der Waals surface area contributed by atoms with E-state index in [-0.39, 0.29) is 0 Å². The van der Waals surface area contributed by atoms with Crippen LogP contribution in [0.4, 0.5) is 0 Å². The monoisotopic (exact) mass is 154 g/mol. The number of hydrogen-bond acceptors (Lipinski definition) is 0. The lowest BCUT2D eigenvalue weighted by molar-refractivity contribution is 0.381. The van der Waals surface area contributed by atoms with Gasteiger partial charge in [0, 0.05) is 0 Å². The quantitative estimate of drug-likeness (QED) is 0.534. The molecule has 0 aliphatic carbocycles. The molecule has 0 nitrogen and oxygen atoms in total. The summed E-state index contributed by atoms with van der Waals surface area (Å²) in [5.74, 6) is 1.80. The zero-order valence-electron chi connectivity index (χ0n) is 7.56. The Labute approximate surface area is 73.8 Å². The summed E-state index contributed by atoms with van der Waals surface area (Å²) in [5.41, 5.74) is 0. The van der Waals surface area contributed by atoms with Crippen LogP contribution in [0.1, 0.15) is 40.0 Å². The fourth-order valence-corrected chi connectivity index (χ4v) is 1.51. The minimum Gasteiger partial charge on any atom is -0.115 e. The molecule has 0 aromatic carbocycles. The Morgan fingerprint density at radius 2 is 1.80 bits per heavy atom. The molecule has 0 fully saturated rings. The standard InChI is InChI=1S/C9H19.Al/c1-5-6-7-9(4)8(2)3;/h8-9H,2,5-7H2,1,3-4H3;/t8-,9?;/m0./s1. The predicted octanol–water partition coefficient (Wildman–Crippen LogP) is 3.04. The molecule has 0 aliphatic rings. The second kappa shape index (κ2) is 6.26. The molecule has 0 bridgehead atoms. The lowest BCUT2D eigenvalue weighted by Gasteiger charge is -2.17. The molecule has 1 unspecified atom stereocenters. The van der Waals surface area contributed by atoms with E-state index in [9.17, 15) is 0 Å². The summed E-state index contributed by atoms with van der Waals surface area (Å²) < 4.78 is 0. The molecule has 0 rings (SSSR count). The maximum atomic E-state index is 2.83. The van der Waals surface area contributed by atoms with Gasteiger partial charge in [0.2, 0.25) is 0 Å². The van der Waals surface area contributed by atoms with E-state index in [0.29, 0.717) is 0 Å². The van der Waals surface area contributed by atoms with Crippen molar-refractivity contribution in [3.8, 4) is 0 Å². The average molecular weight is 154 g/mol. The molecule has 0 amide bonds. The van der Waals surface area contributed by atoms with Gasteiger partial charge in [-0.25, -0.2) is 0 Å². The Balaban J connectivity index is 3.31. The van der Waals surface area contributed by atoms with Crippen LogP contribution in [-0.2, 0) is 0 Å². The van der Waals surface area contributed by atoms with Gasteiger partial charge >= 0.3 is 0 Å². The minimum absolute atomic E-state index is 0.886. The van der Waals surface area contributed by atoms with Gasteiger partial charge in [-0.3, -0.25) is 0 Å². The first kappa shape index (κ1) is 10.5.